The Balaban J connectivity index is 3.30. The van der Waals surface area contributed by atoms with Gasteiger partial charge in [0.05, 0.1) is 4.90 Å². The molecule has 1 aromatic carbocycles. The Morgan fingerprint density at radius 3 is 2.43 bits per heavy atom. The van der Waals surface area contributed by atoms with Gasteiger partial charge in [-0.25, -0.2) is 13.6 Å². The summed E-state index contributed by atoms with van der Waals surface area (Å²) in [6, 6.07) is 6.08. The van der Waals surface area contributed by atoms with Gasteiger partial charge in [-0.15, -0.1) is 0 Å². The van der Waals surface area contributed by atoms with E-state index in [1.54, 1.807) is 18.2 Å². The lowest BCUT2D eigenvalue weighted by atomic mass is 10.1. The molecule has 0 aliphatic heterocycles. The second-order valence-electron chi connectivity index (χ2n) is 2.84. The molecule has 14 heavy (non-hydrogen) atoms. The van der Waals surface area contributed by atoms with Crippen LogP contribution in [0.2, 0.25) is 0 Å². The molecule has 1 unspecified atom stereocenters. The number of benzene rings is 1. The molecule has 0 bridgehead atoms. The van der Waals surface area contributed by atoms with Gasteiger partial charge in [0.2, 0.25) is 10.0 Å². The quantitative estimate of drug-likeness (QED) is 0.800. The molecule has 0 spiro atoms. The molecule has 0 saturated heterocycles. The van der Waals surface area contributed by atoms with Crippen molar-refractivity contribution in [3.05, 3.63) is 29.8 Å². The molecular weight excluding hydrogens is 268 g/mol. The number of rotatable bonds is 3. The van der Waals surface area contributed by atoms with E-state index >= 15 is 0 Å². The molecule has 0 aliphatic carbocycles. The Bertz CT molecular complexity index is 419. The molecule has 1 atom stereocenters. The molecule has 0 saturated carbocycles. The zero-order chi connectivity index (χ0) is 10.8. The minimum absolute atomic E-state index is 0.0898. The van der Waals surface area contributed by atoms with Gasteiger partial charge in [-0.3, -0.25) is 0 Å². The summed E-state index contributed by atoms with van der Waals surface area (Å²) in [5.74, 6) is 0. The van der Waals surface area contributed by atoms with Gasteiger partial charge in [0.25, 0.3) is 0 Å². The van der Waals surface area contributed by atoms with Crippen LogP contribution in [0, 0.1) is 0 Å². The fourth-order valence-electron chi connectivity index (χ4n) is 1.13. The van der Waals surface area contributed by atoms with Crippen molar-refractivity contribution in [3.63, 3.8) is 0 Å². The SMILES string of the molecule is NC(CBr)c1ccccc1S(N)(=O)=O. The number of nitrogens with two attached hydrogens (primary N) is 2. The average Bonchev–Trinajstić information content (AvgIpc) is 2.15. The summed E-state index contributed by atoms with van der Waals surface area (Å²) < 4.78 is 22.4. The maximum atomic E-state index is 11.2. The van der Waals surface area contributed by atoms with Gasteiger partial charge in [-0.05, 0) is 11.6 Å². The Morgan fingerprint density at radius 2 is 1.93 bits per heavy atom. The van der Waals surface area contributed by atoms with Crippen LogP contribution in [0.3, 0.4) is 0 Å². The van der Waals surface area contributed by atoms with E-state index in [0.717, 1.165) is 0 Å². The molecule has 1 aromatic rings. The van der Waals surface area contributed by atoms with Crippen molar-refractivity contribution in [3.8, 4) is 0 Å². The minimum Gasteiger partial charge on any atom is -0.323 e. The maximum Gasteiger partial charge on any atom is 0.238 e. The van der Waals surface area contributed by atoms with Crippen LogP contribution < -0.4 is 10.9 Å². The first kappa shape index (κ1) is 11.6. The second-order valence-corrected chi connectivity index (χ2v) is 5.02. The number of primary sulfonamides is 1. The lowest BCUT2D eigenvalue weighted by Crippen LogP contribution is -2.20. The molecule has 78 valence electrons. The van der Waals surface area contributed by atoms with Crippen LogP contribution in [-0.2, 0) is 10.0 Å². The van der Waals surface area contributed by atoms with Gasteiger partial charge in [0.1, 0.15) is 0 Å². The highest BCUT2D eigenvalue weighted by Crippen LogP contribution is 2.20. The smallest absolute Gasteiger partial charge is 0.238 e. The third-order valence-electron chi connectivity index (χ3n) is 1.79. The first-order valence-electron chi connectivity index (χ1n) is 3.90. The van der Waals surface area contributed by atoms with E-state index in [1.165, 1.54) is 6.07 Å². The third-order valence-corrected chi connectivity index (χ3v) is 3.47. The standard InChI is InChI=1S/C8H11BrN2O2S/c9-5-7(10)6-3-1-2-4-8(6)14(11,12)13/h1-4,7H,5,10H2,(H2,11,12,13). The van der Waals surface area contributed by atoms with Crippen LogP contribution in [0.4, 0.5) is 0 Å². The first-order valence-corrected chi connectivity index (χ1v) is 6.57. The van der Waals surface area contributed by atoms with E-state index in [1.807, 2.05) is 0 Å². The van der Waals surface area contributed by atoms with Crippen LogP contribution in [0.25, 0.3) is 0 Å². The number of alkyl halides is 1. The van der Waals surface area contributed by atoms with Gasteiger partial charge < -0.3 is 5.73 Å². The lowest BCUT2D eigenvalue weighted by molar-refractivity contribution is 0.595. The molecule has 0 radical (unpaired) electrons. The van der Waals surface area contributed by atoms with Gasteiger partial charge >= 0.3 is 0 Å². The third kappa shape index (κ3) is 2.54. The van der Waals surface area contributed by atoms with Crippen molar-refractivity contribution in [1.82, 2.24) is 0 Å². The fourth-order valence-corrected chi connectivity index (χ4v) is 2.29. The van der Waals surface area contributed by atoms with Crippen molar-refractivity contribution in [2.45, 2.75) is 10.9 Å². The molecule has 4 N–H and O–H groups in total. The number of halogens is 1. The highest BCUT2D eigenvalue weighted by molar-refractivity contribution is 9.09. The largest absolute Gasteiger partial charge is 0.323 e. The molecule has 0 fully saturated rings. The summed E-state index contributed by atoms with van der Waals surface area (Å²) in [6.45, 7) is 0. The molecule has 0 heterocycles. The zero-order valence-electron chi connectivity index (χ0n) is 7.35. The highest BCUT2D eigenvalue weighted by atomic mass is 79.9. The molecule has 0 aliphatic rings. The van der Waals surface area contributed by atoms with E-state index in [9.17, 15) is 8.42 Å². The first-order chi connectivity index (χ1) is 6.46. The Labute approximate surface area is 91.5 Å². The predicted molar refractivity (Wildman–Crippen MR) is 58.5 cm³/mol. The highest BCUT2D eigenvalue weighted by Gasteiger charge is 2.16. The predicted octanol–water partition coefficient (Wildman–Crippen LogP) is 0.729. The molecule has 0 amide bonds. The summed E-state index contributed by atoms with van der Waals surface area (Å²) in [4.78, 5) is 0.0898. The maximum absolute atomic E-state index is 11.2. The Kier molecular flexibility index (Phi) is 3.65. The number of hydrogen-bond donors (Lipinski definition) is 2. The summed E-state index contributed by atoms with van der Waals surface area (Å²) in [5, 5.41) is 5.54. The van der Waals surface area contributed by atoms with Crippen molar-refractivity contribution >= 4 is 26.0 Å². The van der Waals surface area contributed by atoms with Crippen molar-refractivity contribution in [2.75, 3.05) is 5.33 Å². The van der Waals surface area contributed by atoms with Crippen molar-refractivity contribution in [1.29, 1.82) is 0 Å². The minimum atomic E-state index is -3.69. The van der Waals surface area contributed by atoms with Crippen molar-refractivity contribution in [2.24, 2.45) is 10.9 Å². The summed E-state index contributed by atoms with van der Waals surface area (Å²) >= 11 is 3.19. The summed E-state index contributed by atoms with van der Waals surface area (Å²) in [5.41, 5.74) is 6.26. The van der Waals surface area contributed by atoms with E-state index in [-0.39, 0.29) is 10.9 Å². The van der Waals surface area contributed by atoms with Crippen LogP contribution in [0.5, 0.6) is 0 Å². The fraction of sp³-hybridized carbons (Fsp3) is 0.250. The van der Waals surface area contributed by atoms with Crippen LogP contribution in [0.1, 0.15) is 11.6 Å². The topological polar surface area (TPSA) is 86.2 Å². The van der Waals surface area contributed by atoms with E-state index < -0.39 is 10.0 Å². The average molecular weight is 279 g/mol. The van der Waals surface area contributed by atoms with Crippen LogP contribution >= 0.6 is 15.9 Å². The van der Waals surface area contributed by atoms with Crippen molar-refractivity contribution < 1.29 is 8.42 Å². The van der Waals surface area contributed by atoms with Gasteiger partial charge in [-0.1, -0.05) is 34.1 Å². The molecule has 6 heteroatoms. The normalized spacial score (nSPS) is 13.9. The van der Waals surface area contributed by atoms with E-state index in [2.05, 4.69) is 15.9 Å². The molecule has 1 rings (SSSR count). The summed E-state index contributed by atoms with van der Waals surface area (Å²) in [6.07, 6.45) is 0. The van der Waals surface area contributed by atoms with Crippen LogP contribution in [-0.4, -0.2) is 13.7 Å². The Hall–Kier alpha value is -0.430. The monoisotopic (exact) mass is 278 g/mol. The second kappa shape index (κ2) is 4.39. The molecule has 0 aromatic heterocycles. The number of hydrogen-bond acceptors (Lipinski definition) is 3. The molecule has 4 nitrogen and oxygen atoms in total. The zero-order valence-corrected chi connectivity index (χ0v) is 9.75. The van der Waals surface area contributed by atoms with E-state index in [4.69, 9.17) is 10.9 Å². The van der Waals surface area contributed by atoms with Crippen LogP contribution in [0.15, 0.2) is 29.2 Å². The number of sulfonamides is 1. The Morgan fingerprint density at radius 1 is 1.36 bits per heavy atom. The van der Waals surface area contributed by atoms with Gasteiger partial charge in [0.15, 0.2) is 0 Å². The molecular formula is C8H11BrN2O2S. The van der Waals surface area contributed by atoms with E-state index in [0.29, 0.717) is 10.9 Å². The lowest BCUT2D eigenvalue weighted by Gasteiger charge is -2.12. The van der Waals surface area contributed by atoms with Gasteiger partial charge in [0, 0.05) is 11.4 Å². The van der Waals surface area contributed by atoms with Gasteiger partial charge in [-0.2, -0.15) is 0 Å². The summed E-state index contributed by atoms with van der Waals surface area (Å²) in [7, 11) is -3.69.